The first kappa shape index (κ1) is 25.2. The average molecular weight is 514 g/mol. The predicted octanol–water partition coefficient (Wildman–Crippen LogP) is 4.03. The van der Waals surface area contributed by atoms with E-state index in [2.05, 4.69) is 58.8 Å². The van der Waals surface area contributed by atoms with E-state index in [1.807, 2.05) is 6.92 Å². The van der Waals surface area contributed by atoms with E-state index in [1.165, 1.54) is 17.2 Å². The molecular formula is C22H32FIN4O. The van der Waals surface area contributed by atoms with Crippen molar-refractivity contribution in [2.75, 3.05) is 27.2 Å². The number of hydrogen-bond acceptors (Lipinski definition) is 3. The normalized spacial score (nSPS) is 12.3. The summed E-state index contributed by atoms with van der Waals surface area (Å²) in [7, 11) is 3.84. The topological polar surface area (TPSA) is 48.9 Å². The van der Waals surface area contributed by atoms with Crippen molar-refractivity contribution in [2.45, 2.75) is 33.0 Å². The lowest BCUT2D eigenvalue weighted by Crippen LogP contribution is -2.41. The summed E-state index contributed by atoms with van der Waals surface area (Å²) in [6.07, 6.45) is -0.205. The Bertz CT molecular complexity index is 772. The quantitative estimate of drug-likeness (QED) is 0.302. The van der Waals surface area contributed by atoms with Crippen molar-refractivity contribution in [3.8, 4) is 5.75 Å². The van der Waals surface area contributed by atoms with Gasteiger partial charge in [-0.25, -0.2) is 4.39 Å². The average Bonchev–Trinajstić information content (AvgIpc) is 2.70. The third kappa shape index (κ3) is 8.99. The second-order valence-corrected chi connectivity index (χ2v) is 6.82. The zero-order valence-electron chi connectivity index (χ0n) is 17.6. The van der Waals surface area contributed by atoms with Crippen LogP contribution in [0.15, 0.2) is 53.5 Å². The number of para-hydroxylation sites is 1. The van der Waals surface area contributed by atoms with E-state index in [0.29, 0.717) is 19.0 Å². The van der Waals surface area contributed by atoms with Crippen molar-refractivity contribution in [3.63, 3.8) is 0 Å². The smallest absolute Gasteiger partial charge is 0.191 e. The van der Waals surface area contributed by atoms with Gasteiger partial charge in [-0.15, -0.1) is 24.0 Å². The molecule has 0 radical (unpaired) electrons. The first-order valence-electron chi connectivity index (χ1n) is 9.63. The second kappa shape index (κ2) is 13.4. The summed E-state index contributed by atoms with van der Waals surface area (Å²) < 4.78 is 19.3. The highest BCUT2D eigenvalue weighted by Crippen LogP contribution is 2.16. The van der Waals surface area contributed by atoms with Gasteiger partial charge in [0, 0.05) is 20.1 Å². The van der Waals surface area contributed by atoms with Crippen molar-refractivity contribution < 1.29 is 9.13 Å². The van der Waals surface area contributed by atoms with Crippen LogP contribution in [0.25, 0.3) is 0 Å². The molecule has 0 heterocycles. The van der Waals surface area contributed by atoms with Crippen LogP contribution in [0, 0.1) is 5.82 Å². The fraction of sp³-hybridized carbons (Fsp3) is 0.409. The lowest BCUT2D eigenvalue weighted by molar-refractivity contribution is 0.214. The Hall–Kier alpha value is -1.87. The number of guanidine groups is 1. The molecule has 0 bridgehead atoms. The van der Waals surface area contributed by atoms with Crippen LogP contribution >= 0.6 is 24.0 Å². The molecule has 1 atom stereocenters. The zero-order chi connectivity index (χ0) is 20.4. The van der Waals surface area contributed by atoms with Gasteiger partial charge in [0.05, 0.1) is 6.54 Å². The molecule has 0 saturated heterocycles. The molecular weight excluding hydrogens is 482 g/mol. The Labute approximate surface area is 190 Å². The maximum absolute atomic E-state index is 13.7. The van der Waals surface area contributed by atoms with Crippen LogP contribution in [-0.4, -0.2) is 44.1 Å². The molecule has 160 valence electrons. The van der Waals surface area contributed by atoms with Crippen LogP contribution in [0.4, 0.5) is 4.39 Å². The van der Waals surface area contributed by atoms with Crippen LogP contribution in [0.3, 0.4) is 0 Å². The van der Waals surface area contributed by atoms with Gasteiger partial charge in [-0.05, 0) is 43.8 Å². The fourth-order valence-electron chi connectivity index (χ4n) is 2.71. The molecule has 2 N–H and O–H groups in total. The molecule has 2 aromatic carbocycles. The largest absolute Gasteiger partial charge is 0.486 e. The summed E-state index contributed by atoms with van der Waals surface area (Å²) >= 11 is 0. The van der Waals surface area contributed by atoms with Crippen LogP contribution in [0.5, 0.6) is 5.75 Å². The van der Waals surface area contributed by atoms with Gasteiger partial charge in [0.25, 0.3) is 0 Å². The zero-order valence-corrected chi connectivity index (χ0v) is 19.9. The lowest BCUT2D eigenvalue weighted by Gasteiger charge is -2.18. The van der Waals surface area contributed by atoms with E-state index in [0.717, 1.165) is 13.1 Å². The van der Waals surface area contributed by atoms with E-state index >= 15 is 0 Å². The summed E-state index contributed by atoms with van der Waals surface area (Å²) in [5, 5.41) is 6.52. The number of ether oxygens (including phenoxy) is 1. The predicted molar refractivity (Wildman–Crippen MR) is 129 cm³/mol. The fourth-order valence-corrected chi connectivity index (χ4v) is 2.71. The molecule has 2 rings (SSSR count). The van der Waals surface area contributed by atoms with E-state index in [4.69, 9.17) is 4.74 Å². The van der Waals surface area contributed by atoms with Gasteiger partial charge < -0.3 is 20.3 Å². The van der Waals surface area contributed by atoms with Crippen molar-refractivity contribution in [1.29, 1.82) is 0 Å². The molecule has 7 heteroatoms. The van der Waals surface area contributed by atoms with E-state index < -0.39 is 0 Å². The number of halogens is 2. The molecule has 0 amide bonds. The molecule has 1 unspecified atom stereocenters. The Morgan fingerprint density at radius 1 is 1.14 bits per heavy atom. The monoisotopic (exact) mass is 514 g/mol. The summed E-state index contributed by atoms with van der Waals surface area (Å²) in [5.74, 6) is 0.583. The highest BCUT2D eigenvalue weighted by Gasteiger charge is 2.09. The molecule has 0 saturated carbocycles. The third-order valence-electron chi connectivity index (χ3n) is 4.39. The third-order valence-corrected chi connectivity index (χ3v) is 4.39. The number of benzene rings is 2. The first-order chi connectivity index (χ1) is 13.5. The molecule has 0 aromatic heterocycles. The Balaban J connectivity index is 0.00000420. The van der Waals surface area contributed by atoms with Crippen LogP contribution < -0.4 is 15.4 Å². The molecule has 29 heavy (non-hydrogen) atoms. The molecule has 0 aliphatic carbocycles. The Morgan fingerprint density at radius 3 is 2.55 bits per heavy atom. The van der Waals surface area contributed by atoms with Gasteiger partial charge in [-0.3, -0.25) is 4.99 Å². The first-order valence-corrected chi connectivity index (χ1v) is 9.63. The van der Waals surface area contributed by atoms with Gasteiger partial charge in [0.1, 0.15) is 6.10 Å². The molecule has 0 aliphatic rings. The summed E-state index contributed by atoms with van der Waals surface area (Å²) in [6.45, 7) is 7.17. The molecule has 5 nitrogen and oxygen atoms in total. The Kier molecular flexibility index (Phi) is 11.6. The molecule has 2 aromatic rings. The standard InChI is InChI=1S/C22H31FN4O.HI/c1-5-27(4)16-19-10-8-9-18(13-19)15-26-22(24-3)25-14-17(2)28-21-12-7-6-11-20(21)23;/h6-13,17H,5,14-16H2,1-4H3,(H2,24,25,26);1H. The van der Waals surface area contributed by atoms with Gasteiger partial charge >= 0.3 is 0 Å². The Morgan fingerprint density at radius 2 is 1.86 bits per heavy atom. The highest BCUT2D eigenvalue weighted by atomic mass is 127. The van der Waals surface area contributed by atoms with Crippen molar-refractivity contribution in [3.05, 3.63) is 65.5 Å². The number of rotatable bonds is 9. The van der Waals surface area contributed by atoms with Crippen LogP contribution in [0.2, 0.25) is 0 Å². The SMILES string of the molecule is CCN(C)Cc1cccc(CNC(=NC)NCC(C)Oc2ccccc2F)c1.I. The van der Waals surface area contributed by atoms with Gasteiger partial charge in [0.2, 0.25) is 0 Å². The minimum Gasteiger partial charge on any atom is -0.486 e. The van der Waals surface area contributed by atoms with Crippen LogP contribution in [0.1, 0.15) is 25.0 Å². The number of aliphatic imine (C=N–C) groups is 1. The lowest BCUT2D eigenvalue weighted by atomic mass is 10.1. The maximum Gasteiger partial charge on any atom is 0.191 e. The van der Waals surface area contributed by atoms with Crippen molar-refractivity contribution >= 4 is 29.9 Å². The van der Waals surface area contributed by atoms with Crippen LogP contribution in [-0.2, 0) is 13.1 Å². The second-order valence-electron chi connectivity index (χ2n) is 6.82. The molecule has 0 fully saturated rings. The van der Waals surface area contributed by atoms with Gasteiger partial charge in [-0.1, -0.05) is 43.3 Å². The van der Waals surface area contributed by atoms with Gasteiger partial charge in [-0.2, -0.15) is 0 Å². The van der Waals surface area contributed by atoms with E-state index in [9.17, 15) is 4.39 Å². The van der Waals surface area contributed by atoms with E-state index in [1.54, 1.807) is 25.2 Å². The number of nitrogens with zero attached hydrogens (tertiary/aromatic N) is 2. The minimum absolute atomic E-state index is 0. The number of hydrogen-bond donors (Lipinski definition) is 2. The maximum atomic E-state index is 13.7. The van der Waals surface area contributed by atoms with Crippen molar-refractivity contribution in [2.24, 2.45) is 4.99 Å². The van der Waals surface area contributed by atoms with Gasteiger partial charge in [0.15, 0.2) is 17.5 Å². The summed E-state index contributed by atoms with van der Waals surface area (Å²) in [5.41, 5.74) is 2.49. The minimum atomic E-state index is -0.356. The number of nitrogens with one attached hydrogen (secondary N) is 2. The molecule has 0 spiro atoms. The summed E-state index contributed by atoms with van der Waals surface area (Å²) in [6, 6.07) is 14.9. The van der Waals surface area contributed by atoms with Crippen molar-refractivity contribution in [1.82, 2.24) is 15.5 Å². The molecule has 0 aliphatic heterocycles. The highest BCUT2D eigenvalue weighted by molar-refractivity contribution is 14.0. The summed E-state index contributed by atoms with van der Waals surface area (Å²) in [4.78, 5) is 6.51. The van der Waals surface area contributed by atoms with E-state index in [-0.39, 0.29) is 41.6 Å².